The second kappa shape index (κ2) is 7.00. The largest absolute Gasteiger partial charge is 0.496 e. The summed E-state index contributed by atoms with van der Waals surface area (Å²) in [6, 6.07) is 17.1. The van der Waals surface area contributed by atoms with Gasteiger partial charge in [0.2, 0.25) is 0 Å². The third kappa shape index (κ3) is 3.46. The van der Waals surface area contributed by atoms with Gasteiger partial charge in [0.05, 0.1) is 12.8 Å². The van der Waals surface area contributed by atoms with E-state index in [0.717, 1.165) is 16.7 Å². The highest BCUT2D eigenvalue weighted by Crippen LogP contribution is 2.21. The standard InChI is InChI=1S/C19H18N2O3/c1-13-8-9-18(23-2)15(10-13)12-24-19(22)17-11-16(20-21-17)14-6-4-3-5-7-14/h3-11H,12H2,1-2H3,(H,20,21). The summed E-state index contributed by atoms with van der Waals surface area (Å²) in [7, 11) is 1.59. The molecule has 3 rings (SSSR count). The predicted molar refractivity (Wildman–Crippen MR) is 90.9 cm³/mol. The summed E-state index contributed by atoms with van der Waals surface area (Å²) in [5, 5.41) is 6.88. The number of nitrogens with zero attached hydrogens (tertiary/aromatic N) is 1. The van der Waals surface area contributed by atoms with Crippen molar-refractivity contribution in [3.8, 4) is 17.0 Å². The molecule has 5 heteroatoms. The van der Waals surface area contributed by atoms with Crippen molar-refractivity contribution in [1.82, 2.24) is 10.2 Å². The van der Waals surface area contributed by atoms with Crippen molar-refractivity contribution in [2.45, 2.75) is 13.5 Å². The van der Waals surface area contributed by atoms with Crippen LogP contribution in [-0.2, 0) is 11.3 Å². The van der Waals surface area contributed by atoms with Crippen LogP contribution < -0.4 is 4.74 Å². The maximum atomic E-state index is 12.2. The van der Waals surface area contributed by atoms with Crippen LogP contribution in [0, 0.1) is 6.92 Å². The number of methoxy groups -OCH3 is 1. The first-order valence-electron chi connectivity index (χ1n) is 7.59. The van der Waals surface area contributed by atoms with Gasteiger partial charge in [0.1, 0.15) is 18.1 Å². The zero-order valence-corrected chi connectivity index (χ0v) is 13.6. The Morgan fingerprint density at radius 2 is 1.92 bits per heavy atom. The number of hydrogen-bond acceptors (Lipinski definition) is 4. The second-order valence-corrected chi connectivity index (χ2v) is 5.42. The smallest absolute Gasteiger partial charge is 0.356 e. The third-order valence-electron chi connectivity index (χ3n) is 3.66. The van der Waals surface area contributed by atoms with E-state index in [2.05, 4.69) is 10.2 Å². The first-order chi connectivity index (χ1) is 11.7. The Morgan fingerprint density at radius 3 is 2.67 bits per heavy atom. The van der Waals surface area contributed by atoms with Crippen LogP contribution in [0.1, 0.15) is 21.6 Å². The minimum absolute atomic E-state index is 0.142. The number of rotatable bonds is 5. The molecule has 5 nitrogen and oxygen atoms in total. The number of hydrogen-bond donors (Lipinski definition) is 1. The van der Waals surface area contributed by atoms with Crippen LogP contribution in [0.15, 0.2) is 54.6 Å². The van der Waals surface area contributed by atoms with E-state index in [0.29, 0.717) is 17.1 Å². The molecule has 0 radical (unpaired) electrons. The monoisotopic (exact) mass is 322 g/mol. The molecule has 0 saturated heterocycles. The Kier molecular flexibility index (Phi) is 4.61. The molecule has 122 valence electrons. The Labute approximate surface area is 140 Å². The van der Waals surface area contributed by atoms with Crippen LogP contribution in [0.3, 0.4) is 0 Å². The number of carbonyl (C=O) groups is 1. The lowest BCUT2D eigenvalue weighted by Crippen LogP contribution is -2.06. The lowest BCUT2D eigenvalue weighted by atomic mass is 10.1. The van der Waals surface area contributed by atoms with Gasteiger partial charge >= 0.3 is 5.97 Å². The van der Waals surface area contributed by atoms with E-state index >= 15 is 0 Å². The average Bonchev–Trinajstić information content (AvgIpc) is 3.11. The number of esters is 1. The van der Waals surface area contributed by atoms with Gasteiger partial charge < -0.3 is 9.47 Å². The molecule has 0 bridgehead atoms. The van der Waals surface area contributed by atoms with E-state index in [4.69, 9.17) is 9.47 Å². The highest BCUT2D eigenvalue weighted by molar-refractivity contribution is 5.88. The van der Waals surface area contributed by atoms with E-state index in [9.17, 15) is 4.79 Å². The van der Waals surface area contributed by atoms with Crippen molar-refractivity contribution in [3.63, 3.8) is 0 Å². The van der Waals surface area contributed by atoms with Gasteiger partial charge in [-0.15, -0.1) is 0 Å². The first kappa shape index (κ1) is 15.8. The minimum Gasteiger partial charge on any atom is -0.496 e. The molecule has 0 spiro atoms. The Morgan fingerprint density at radius 1 is 1.12 bits per heavy atom. The molecular weight excluding hydrogens is 304 g/mol. The molecule has 24 heavy (non-hydrogen) atoms. The number of aromatic amines is 1. The fraction of sp³-hybridized carbons (Fsp3) is 0.158. The van der Waals surface area contributed by atoms with Gasteiger partial charge in [0, 0.05) is 11.1 Å². The van der Waals surface area contributed by atoms with Gasteiger partial charge in [-0.1, -0.05) is 42.0 Å². The summed E-state index contributed by atoms with van der Waals surface area (Å²) in [6.07, 6.45) is 0. The molecule has 1 heterocycles. The number of aromatic nitrogens is 2. The third-order valence-corrected chi connectivity index (χ3v) is 3.66. The molecule has 2 aromatic carbocycles. The zero-order valence-electron chi connectivity index (χ0n) is 13.6. The van der Waals surface area contributed by atoms with Crippen LogP contribution in [0.4, 0.5) is 0 Å². The quantitative estimate of drug-likeness (QED) is 0.727. The number of aryl methyl sites for hydroxylation is 1. The summed E-state index contributed by atoms with van der Waals surface area (Å²) in [4.78, 5) is 12.2. The molecule has 0 atom stereocenters. The van der Waals surface area contributed by atoms with Crippen LogP contribution in [0.5, 0.6) is 5.75 Å². The SMILES string of the molecule is COc1ccc(C)cc1COC(=O)c1cc(-c2ccccc2)n[nH]1. The number of nitrogens with one attached hydrogen (secondary N) is 1. The summed E-state index contributed by atoms with van der Waals surface area (Å²) in [6.45, 7) is 2.12. The van der Waals surface area contributed by atoms with Crippen molar-refractivity contribution in [1.29, 1.82) is 0 Å². The van der Waals surface area contributed by atoms with Gasteiger partial charge in [0.15, 0.2) is 0 Å². The van der Waals surface area contributed by atoms with Crippen molar-refractivity contribution < 1.29 is 14.3 Å². The lowest BCUT2D eigenvalue weighted by Gasteiger charge is -2.09. The fourth-order valence-corrected chi connectivity index (χ4v) is 2.42. The second-order valence-electron chi connectivity index (χ2n) is 5.42. The average molecular weight is 322 g/mol. The highest BCUT2D eigenvalue weighted by Gasteiger charge is 2.13. The van der Waals surface area contributed by atoms with Crippen molar-refractivity contribution in [3.05, 3.63) is 71.4 Å². The fourth-order valence-electron chi connectivity index (χ4n) is 2.42. The van der Waals surface area contributed by atoms with Gasteiger partial charge in [-0.2, -0.15) is 5.10 Å². The van der Waals surface area contributed by atoms with Crippen LogP contribution in [0.25, 0.3) is 11.3 Å². The molecule has 0 unspecified atom stereocenters. The number of benzene rings is 2. The Balaban J connectivity index is 1.70. The van der Waals surface area contributed by atoms with E-state index in [1.165, 1.54) is 0 Å². The van der Waals surface area contributed by atoms with Crippen molar-refractivity contribution in [2.75, 3.05) is 7.11 Å². The maximum Gasteiger partial charge on any atom is 0.356 e. The van der Waals surface area contributed by atoms with E-state index < -0.39 is 5.97 Å². The minimum atomic E-state index is -0.451. The molecule has 0 fully saturated rings. The molecule has 1 N–H and O–H groups in total. The molecule has 0 aliphatic heterocycles. The van der Waals surface area contributed by atoms with Crippen molar-refractivity contribution >= 4 is 5.97 Å². The van der Waals surface area contributed by atoms with Crippen LogP contribution in [-0.4, -0.2) is 23.3 Å². The van der Waals surface area contributed by atoms with E-state index in [1.54, 1.807) is 13.2 Å². The molecule has 0 amide bonds. The summed E-state index contributed by atoms with van der Waals surface area (Å²) in [5.41, 5.74) is 3.87. The summed E-state index contributed by atoms with van der Waals surface area (Å²) < 4.78 is 10.7. The molecule has 0 saturated carbocycles. The van der Waals surface area contributed by atoms with Gasteiger partial charge in [-0.05, 0) is 25.1 Å². The number of H-pyrrole nitrogens is 1. The van der Waals surface area contributed by atoms with Gasteiger partial charge in [-0.25, -0.2) is 4.79 Å². The molecular formula is C19H18N2O3. The predicted octanol–water partition coefficient (Wildman–Crippen LogP) is 3.75. The number of ether oxygens (including phenoxy) is 2. The first-order valence-corrected chi connectivity index (χ1v) is 7.59. The summed E-state index contributed by atoms with van der Waals surface area (Å²) >= 11 is 0. The maximum absolute atomic E-state index is 12.2. The van der Waals surface area contributed by atoms with E-state index in [1.807, 2.05) is 55.5 Å². The van der Waals surface area contributed by atoms with Crippen LogP contribution in [0.2, 0.25) is 0 Å². The van der Waals surface area contributed by atoms with Gasteiger partial charge in [-0.3, -0.25) is 5.10 Å². The Hall–Kier alpha value is -3.08. The highest BCUT2D eigenvalue weighted by atomic mass is 16.5. The molecule has 0 aliphatic carbocycles. The van der Waals surface area contributed by atoms with Crippen LogP contribution >= 0.6 is 0 Å². The zero-order chi connectivity index (χ0) is 16.9. The number of carbonyl (C=O) groups excluding carboxylic acids is 1. The van der Waals surface area contributed by atoms with E-state index in [-0.39, 0.29) is 6.61 Å². The molecule has 0 aliphatic rings. The lowest BCUT2D eigenvalue weighted by molar-refractivity contribution is 0.0463. The topological polar surface area (TPSA) is 64.2 Å². The molecule has 1 aromatic heterocycles. The summed E-state index contributed by atoms with van der Waals surface area (Å²) in [5.74, 6) is 0.247. The Bertz CT molecular complexity index is 841. The van der Waals surface area contributed by atoms with Crippen molar-refractivity contribution in [2.24, 2.45) is 0 Å². The van der Waals surface area contributed by atoms with Gasteiger partial charge in [0.25, 0.3) is 0 Å². The normalized spacial score (nSPS) is 10.4. The molecule has 3 aromatic rings.